The van der Waals surface area contributed by atoms with Crippen molar-refractivity contribution in [2.75, 3.05) is 46.9 Å². The van der Waals surface area contributed by atoms with E-state index >= 15 is 0 Å². The van der Waals surface area contributed by atoms with E-state index in [2.05, 4.69) is 37.9 Å². The van der Waals surface area contributed by atoms with Crippen molar-refractivity contribution in [1.29, 1.82) is 0 Å². The van der Waals surface area contributed by atoms with Crippen LogP contribution in [0.3, 0.4) is 0 Å². The first-order chi connectivity index (χ1) is 34.4. The van der Waals surface area contributed by atoms with E-state index in [1.807, 2.05) is 76.8 Å². The standard InChI is InChI=1S/C48H52N16O4S3/c1-32(2)44(49)56-61(52)33-9-17-37(18-10-33)65-28-48(29-66-38-19-11-34(12-20-38)62(53)57-45(50)41-6-3-25-69-41,30-67-39-21-13-35(14-22-39)63(54)58-46(51)42-7-4-26-70-42)31-68-40-23-15-36(16-24-40)64-59-47(55-60-64)43-8-5-27-71-43/h3-27,60H,1,28-31,52-54H2,2H3,(H2,49,56)(H2,50,57)(H2,51,58)(H,55,59). The molecule has 23 heteroatoms. The Hall–Kier alpha value is -8.16. The highest BCUT2D eigenvalue weighted by atomic mass is 32.1. The van der Waals surface area contributed by atoms with Crippen LogP contribution in [0.1, 0.15) is 21.6 Å². The highest BCUT2D eigenvalue weighted by Crippen LogP contribution is 2.30. The Kier molecular flexibility index (Phi) is 15.9. The van der Waals surface area contributed by atoms with Crippen LogP contribution in [0.5, 0.6) is 23.0 Å². The molecule has 20 nitrogen and oxygen atoms in total. The number of hydrazone groups is 4. The van der Waals surface area contributed by atoms with Gasteiger partial charge < -0.3 is 36.1 Å². The Morgan fingerprint density at radius 1 is 0.577 bits per heavy atom. The Morgan fingerprint density at radius 2 is 0.972 bits per heavy atom. The fourth-order valence-corrected chi connectivity index (χ4v) is 8.33. The van der Waals surface area contributed by atoms with E-state index in [4.69, 9.17) is 53.7 Å². The van der Waals surface area contributed by atoms with Gasteiger partial charge in [-0.1, -0.05) is 24.8 Å². The summed E-state index contributed by atoms with van der Waals surface area (Å²) in [5.41, 5.74) is 26.7. The van der Waals surface area contributed by atoms with Crippen LogP contribution < -0.4 is 85.1 Å². The molecule has 1 aliphatic rings. The quantitative estimate of drug-likeness (QED) is 0.0153. The Morgan fingerprint density at radius 3 is 1.35 bits per heavy atom. The van der Waals surface area contributed by atoms with Crippen LogP contribution >= 0.6 is 34.0 Å². The van der Waals surface area contributed by atoms with Crippen molar-refractivity contribution in [3.63, 3.8) is 0 Å². The third-order valence-corrected chi connectivity index (χ3v) is 13.1. The molecule has 8 rings (SSSR count). The summed E-state index contributed by atoms with van der Waals surface area (Å²) in [6.07, 6.45) is 0. The lowest BCUT2D eigenvalue weighted by Crippen LogP contribution is -2.45. The normalized spacial score (nSPS) is 13.0. The van der Waals surface area contributed by atoms with Crippen LogP contribution in [0.2, 0.25) is 0 Å². The van der Waals surface area contributed by atoms with Crippen molar-refractivity contribution in [3.05, 3.63) is 176 Å². The van der Waals surface area contributed by atoms with Crippen molar-refractivity contribution in [1.82, 2.24) is 11.0 Å². The average molecular weight is 1010 g/mol. The second-order valence-electron chi connectivity index (χ2n) is 15.8. The number of hydrazine groups is 5. The van der Waals surface area contributed by atoms with Crippen LogP contribution in [-0.2, 0) is 0 Å². The molecule has 4 aromatic carbocycles. The zero-order valence-corrected chi connectivity index (χ0v) is 40.8. The van der Waals surface area contributed by atoms with Gasteiger partial charge in [0, 0.05) is 0 Å². The molecule has 3 aromatic heterocycles. The summed E-state index contributed by atoms with van der Waals surface area (Å²) in [4.78, 5) is 2.60. The lowest BCUT2D eigenvalue weighted by Gasteiger charge is -2.33. The molecule has 366 valence electrons. The number of anilines is 4. The summed E-state index contributed by atoms with van der Waals surface area (Å²) in [6, 6.07) is 40.4. The zero-order chi connectivity index (χ0) is 49.7. The molecular formula is C48H52N16O4S3. The second kappa shape index (κ2) is 23.0. The summed E-state index contributed by atoms with van der Waals surface area (Å²) in [6.45, 7) is 5.85. The Balaban J connectivity index is 1.05. The first-order valence-corrected chi connectivity index (χ1v) is 24.3. The number of ether oxygens (including phenoxy) is 4. The van der Waals surface area contributed by atoms with E-state index in [-0.39, 0.29) is 32.3 Å². The van der Waals surface area contributed by atoms with Gasteiger partial charge in [-0.2, -0.15) is 20.5 Å². The molecule has 0 saturated heterocycles. The van der Waals surface area contributed by atoms with Crippen LogP contribution in [0.25, 0.3) is 0 Å². The molecule has 0 amide bonds. The highest BCUT2D eigenvalue weighted by molar-refractivity contribution is 7.12. The van der Waals surface area contributed by atoms with Crippen LogP contribution in [0.4, 0.5) is 22.7 Å². The van der Waals surface area contributed by atoms with E-state index in [0.29, 0.717) is 63.1 Å². The molecule has 0 unspecified atom stereocenters. The lowest BCUT2D eigenvalue weighted by molar-refractivity contribution is -0.00350. The number of nitrogens with zero attached hydrogens (tertiary/aromatic N) is 8. The Bertz CT molecular complexity index is 2830. The van der Waals surface area contributed by atoms with Crippen LogP contribution in [-0.4, -0.2) is 49.8 Å². The molecule has 0 fully saturated rings. The monoisotopic (exact) mass is 1010 g/mol. The Labute approximate surface area is 421 Å². The SMILES string of the molecule is C=C(C)/C(N)=N/N(N)c1ccc(OCC(COc2ccc(N(N)/N=C(\N)c3cccs3)cc2)(COc2ccc(N(N)/N=C(\N)c3cccs3)cc2)COc2ccc(N3N=C(c4cccs4)NN3)cc2)cc1. The van der Waals surface area contributed by atoms with Gasteiger partial charge >= 0.3 is 0 Å². The smallest absolute Gasteiger partial charge is 0.181 e. The van der Waals surface area contributed by atoms with Gasteiger partial charge in [-0.15, -0.1) is 60.0 Å². The second-order valence-corrected chi connectivity index (χ2v) is 18.7. The summed E-state index contributed by atoms with van der Waals surface area (Å²) in [5.74, 6) is 22.5. The first-order valence-electron chi connectivity index (χ1n) is 21.7. The van der Waals surface area contributed by atoms with Crippen molar-refractivity contribution in [3.8, 4) is 23.0 Å². The van der Waals surface area contributed by atoms with Gasteiger partial charge in [0.1, 0.15) is 60.7 Å². The molecular weight excluding hydrogens is 961 g/mol. The summed E-state index contributed by atoms with van der Waals surface area (Å²) in [5, 5.41) is 28.6. The molecule has 0 aliphatic carbocycles. The van der Waals surface area contributed by atoms with E-state index < -0.39 is 5.41 Å². The molecule has 0 bridgehead atoms. The molecule has 0 radical (unpaired) electrons. The molecule has 7 aromatic rings. The van der Waals surface area contributed by atoms with Gasteiger partial charge in [-0.05, 0) is 144 Å². The van der Waals surface area contributed by atoms with Crippen LogP contribution in [0.15, 0.2) is 182 Å². The number of nitrogens with two attached hydrogens (primary N) is 6. The number of hydrogen-bond acceptors (Lipinski definition) is 20. The number of rotatable bonds is 23. The minimum absolute atomic E-state index is 0.0673. The van der Waals surface area contributed by atoms with Crippen molar-refractivity contribution < 1.29 is 18.9 Å². The summed E-state index contributed by atoms with van der Waals surface area (Å²) >= 11 is 4.52. The molecule has 0 saturated carbocycles. The molecule has 14 N–H and O–H groups in total. The van der Waals surface area contributed by atoms with E-state index in [1.165, 1.54) is 38.0 Å². The van der Waals surface area contributed by atoms with E-state index in [1.54, 1.807) is 96.2 Å². The van der Waals surface area contributed by atoms with Gasteiger partial charge in [0.2, 0.25) is 0 Å². The molecule has 1 aliphatic heterocycles. The van der Waals surface area contributed by atoms with Gasteiger partial charge in [0.15, 0.2) is 17.5 Å². The molecule has 0 spiro atoms. The largest absolute Gasteiger partial charge is 0.493 e. The first kappa shape index (κ1) is 49.3. The zero-order valence-electron chi connectivity index (χ0n) is 38.4. The van der Waals surface area contributed by atoms with Crippen LogP contribution in [0, 0.1) is 5.41 Å². The molecule has 71 heavy (non-hydrogen) atoms. The maximum Gasteiger partial charge on any atom is 0.181 e. The predicted molar refractivity (Wildman–Crippen MR) is 286 cm³/mol. The van der Waals surface area contributed by atoms with Gasteiger partial charge in [0.25, 0.3) is 0 Å². The van der Waals surface area contributed by atoms with Crippen molar-refractivity contribution in [2.24, 2.45) is 60.5 Å². The fraction of sp³-hybridized carbons (Fsp3) is 0.125. The molecule has 0 atom stereocenters. The number of amidine groups is 4. The number of hydrogen-bond donors (Lipinski definition) is 8. The number of thiophene rings is 3. The maximum absolute atomic E-state index is 6.59. The topological polar surface area (TPSA) is 280 Å². The summed E-state index contributed by atoms with van der Waals surface area (Å²) in [7, 11) is 0. The van der Waals surface area contributed by atoms with E-state index in [0.717, 1.165) is 20.3 Å². The van der Waals surface area contributed by atoms with E-state index in [9.17, 15) is 0 Å². The third kappa shape index (κ3) is 13.1. The lowest BCUT2D eigenvalue weighted by atomic mass is 9.92. The number of benzene rings is 4. The number of nitrogens with one attached hydrogen (secondary N) is 2. The summed E-state index contributed by atoms with van der Waals surface area (Å²) < 4.78 is 26.3. The van der Waals surface area contributed by atoms with Gasteiger partial charge in [0.05, 0.1) is 37.4 Å². The van der Waals surface area contributed by atoms with Crippen molar-refractivity contribution in [2.45, 2.75) is 6.92 Å². The maximum atomic E-state index is 6.59. The van der Waals surface area contributed by atoms with Gasteiger partial charge in [-0.3, -0.25) is 5.43 Å². The third-order valence-electron chi connectivity index (χ3n) is 10.4. The average Bonchev–Trinajstić information content (AvgIpc) is 4.26. The minimum atomic E-state index is -0.978. The minimum Gasteiger partial charge on any atom is -0.493 e. The highest BCUT2D eigenvalue weighted by Gasteiger charge is 2.36. The van der Waals surface area contributed by atoms with Crippen molar-refractivity contribution >= 4 is 80.1 Å². The molecule has 4 heterocycles. The fourth-order valence-electron chi connectivity index (χ4n) is 6.42. The predicted octanol–water partition coefficient (Wildman–Crippen LogP) is 6.19. The van der Waals surface area contributed by atoms with Gasteiger partial charge in [-0.25, -0.2) is 17.5 Å².